The van der Waals surface area contributed by atoms with Gasteiger partial charge in [0, 0.05) is 92.1 Å². The van der Waals surface area contributed by atoms with Gasteiger partial charge < -0.3 is 59.6 Å². The summed E-state index contributed by atoms with van der Waals surface area (Å²) in [5.74, 6) is -2.48. The molecule has 4 amide bonds. The van der Waals surface area contributed by atoms with E-state index < -0.39 is 46.9 Å². The smallest absolute Gasteiger partial charge is 0.407 e. The van der Waals surface area contributed by atoms with Crippen LogP contribution in [0.2, 0.25) is 0 Å². The van der Waals surface area contributed by atoms with E-state index in [0.717, 1.165) is 51.4 Å². The van der Waals surface area contributed by atoms with Gasteiger partial charge in [-0.05, 0) is 108 Å². The van der Waals surface area contributed by atoms with Crippen molar-refractivity contribution in [3.05, 3.63) is 169 Å². The van der Waals surface area contributed by atoms with E-state index in [-0.39, 0.29) is 81.3 Å². The minimum absolute atomic E-state index is 0.00172. The molecule has 0 unspecified atom stereocenters. The van der Waals surface area contributed by atoms with E-state index >= 15 is 0 Å². The largest absolute Gasteiger partial charge is 0.444 e. The maximum absolute atomic E-state index is 14.9. The SMILES string of the molecule is CC(C)(C)OC(=O)N[C@H]1CCCC[C@H]1Nc1ncc(C(N)=O)c(Nc2ccc(-n3cccn3)cc2F)n1.Cc1ncc(C(N)=O)c(Nc2ccc(-n3cccn3)cc2F)n1.NC(=O)c1cnc(N[C@@H]2CCCC[C@@H]2N)nc1Nc1ccc(-n2cccn2)cc1F. The van der Waals surface area contributed by atoms with Gasteiger partial charge in [0.05, 0.1) is 40.2 Å². The van der Waals surface area contributed by atoms with Crippen molar-refractivity contribution in [2.75, 3.05) is 26.6 Å². The van der Waals surface area contributed by atoms with Crippen LogP contribution in [0.1, 0.15) is 109 Å². The fraction of sp³-hybridized carbons (Fsp3) is 0.283. The third-order valence-corrected chi connectivity index (χ3v) is 14.1. The fourth-order valence-electron chi connectivity index (χ4n) is 9.70. The zero-order valence-corrected chi connectivity index (χ0v) is 49.4. The molecule has 3 aromatic carbocycles. The van der Waals surface area contributed by atoms with E-state index in [4.69, 9.17) is 27.7 Å². The highest BCUT2D eigenvalue weighted by molar-refractivity contribution is 5.99. The summed E-state index contributed by atoms with van der Waals surface area (Å²) < 4.78 is 53.9. The number of hydrogen-bond acceptors (Lipinski definition) is 20. The second-order valence-corrected chi connectivity index (χ2v) is 21.9. The van der Waals surface area contributed by atoms with E-state index in [2.05, 4.69) is 77.1 Å². The number of primary amides is 3. The molecule has 4 atom stereocenters. The van der Waals surface area contributed by atoms with Gasteiger partial charge in [0.1, 0.15) is 63.0 Å². The number of nitrogens with two attached hydrogens (primary N) is 4. The summed E-state index contributed by atoms with van der Waals surface area (Å²) in [6, 6.07) is 18.5. The Labute approximate surface area is 514 Å². The molecule has 0 radical (unpaired) electrons. The number of hydrogen-bond donors (Lipinski definition) is 10. The molecule has 0 aliphatic heterocycles. The standard InChI is InChI=1S/C25H31FN8O3.C20H23FN8O.C15H13FN6O/c1-25(2,3)37-24(36)32-20-8-5-4-7-19(20)31-23-28-14-16(21(27)35)22(33-23)30-18-10-9-15(13-17(18)26)34-12-6-11-29-34;21-14-10-12(29-9-3-8-25-29)6-7-16(14)26-19-13(18(23)30)11-24-20(28-19)27-17-5-2-1-4-15(17)22;1-9-18-8-11(14(17)23)15(20-9)21-13-4-3-10(7-12(13)16)22-6-2-5-19-22/h6,9-14,19-20H,4-5,7-8H2,1-3H3,(H2,27,35)(H,32,36)(H2,28,30,31,33);3,6-11,15,17H,1-2,4-5,22H2,(H2,23,30)(H2,24,26,27,28);2-8H,1H3,(H2,17,23)(H,18,20,21)/t19-,20+;15-,17+;/m10./s1. The summed E-state index contributed by atoms with van der Waals surface area (Å²) >= 11 is 0. The summed E-state index contributed by atoms with van der Waals surface area (Å²) in [4.78, 5) is 72.8. The zero-order chi connectivity index (χ0) is 64.1. The maximum Gasteiger partial charge on any atom is 0.407 e. The van der Waals surface area contributed by atoms with Gasteiger partial charge in [-0.15, -0.1) is 0 Å². The van der Waals surface area contributed by atoms with Crippen LogP contribution in [0.25, 0.3) is 17.1 Å². The number of rotatable bonds is 17. The summed E-state index contributed by atoms with van der Waals surface area (Å²) in [7, 11) is 0. The number of nitrogens with zero attached hydrogens (tertiary/aromatic N) is 12. The predicted molar refractivity (Wildman–Crippen MR) is 330 cm³/mol. The van der Waals surface area contributed by atoms with Crippen LogP contribution in [0.3, 0.4) is 0 Å². The molecule has 468 valence electrons. The summed E-state index contributed by atoms with van der Waals surface area (Å²) in [5, 5.41) is 30.1. The molecule has 0 saturated heterocycles. The number of alkyl carbamates (subject to hydrolysis) is 1. The molecule has 2 aliphatic rings. The molecule has 90 heavy (non-hydrogen) atoms. The van der Waals surface area contributed by atoms with Crippen molar-refractivity contribution in [2.45, 2.75) is 109 Å². The molecule has 6 heterocycles. The molecule has 27 nitrogen and oxygen atoms in total. The van der Waals surface area contributed by atoms with Gasteiger partial charge >= 0.3 is 6.09 Å². The number of aromatic nitrogens is 12. The molecule has 0 bridgehead atoms. The second-order valence-electron chi connectivity index (χ2n) is 21.9. The van der Waals surface area contributed by atoms with Gasteiger partial charge in [-0.25, -0.2) is 51.9 Å². The molecule has 6 aromatic heterocycles. The van der Waals surface area contributed by atoms with Crippen molar-refractivity contribution in [3.8, 4) is 17.1 Å². The number of ether oxygens (including phenoxy) is 1. The Hall–Kier alpha value is -11.0. The van der Waals surface area contributed by atoms with Crippen LogP contribution >= 0.6 is 0 Å². The van der Waals surface area contributed by atoms with Crippen LogP contribution in [0.4, 0.5) is 64.4 Å². The molecule has 2 aliphatic carbocycles. The first-order valence-corrected chi connectivity index (χ1v) is 28.6. The minimum atomic E-state index is -0.759. The lowest BCUT2D eigenvalue weighted by Crippen LogP contribution is -2.50. The lowest BCUT2D eigenvalue weighted by molar-refractivity contribution is 0.0488. The average molecular weight is 1230 g/mol. The van der Waals surface area contributed by atoms with Crippen LogP contribution in [-0.4, -0.2) is 113 Å². The van der Waals surface area contributed by atoms with E-state index in [1.54, 1.807) is 112 Å². The van der Waals surface area contributed by atoms with Crippen LogP contribution in [0.15, 0.2) is 129 Å². The monoisotopic (exact) mass is 1230 g/mol. The van der Waals surface area contributed by atoms with Crippen LogP contribution in [-0.2, 0) is 4.74 Å². The lowest BCUT2D eigenvalue weighted by Gasteiger charge is -2.33. The molecule has 11 rings (SSSR count). The molecule has 2 saturated carbocycles. The number of aryl methyl sites for hydroxylation is 1. The van der Waals surface area contributed by atoms with Gasteiger partial charge in [0.15, 0.2) is 0 Å². The highest BCUT2D eigenvalue weighted by atomic mass is 19.1. The first-order valence-electron chi connectivity index (χ1n) is 28.6. The van der Waals surface area contributed by atoms with Crippen molar-refractivity contribution in [1.29, 1.82) is 0 Å². The number of benzene rings is 3. The Balaban J connectivity index is 0.000000164. The molecular weight excluding hydrogens is 1170 g/mol. The average Bonchev–Trinajstić information content (AvgIpc) is 1.27. The van der Waals surface area contributed by atoms with Gasteiger partial charge in [-0.2, -0.15) is 25.3 Å². The van der Waals surface area contributed by atoms with Crippen molar-refractivity contribution >= 4 is 70.2 Å². The summed E-state index contributed by atoms with van der Waals surface area (Å²) in [5.41, 5.74) is 24.1. The first-order chi connectivity index (χ1) is 43.1. The highest BCUT2D eigenvalue weighted by Crippen LogP contribution is 2.30. The molecular formula is C60H67F3N22O5. The van der Waals surface area contributed by atoms with E-state index in [1.165, 1.54) is 58.3 Å². The Bertz CT molecular complexity index is 3960. The summed E-state index contributed by atoms with van der Waals surface area (Å²) in [6.45, 7) is 7.08. The third-order valence-electron chi connectivity index (χ3n) is 14.1. The Morgan fingerprint density at radius 2 is 0.911 bits per heavy atom. The van der Waals surface area contributed by atoms with E-state index in [1.807, 2.05) is 0 Å². The van der Waals surface area contributed by atoms with Crippen LogP contribution < -0.4 is 54.8 Å². The van der Waals surface area contributed by atoms with E-state index in [9.17, 15) is 32.3 Å². The van der Waals surface area contributed by atoms with Crippen molar-refractivity contribution < 1.29 is 37.1 Å². The number of amides is 4. The highest BCUT2D eigenvalue weighted by Gasteiger charge is 2.30. The number of carbonyl (C=O) groups is 4. The Morgan fingerprint density at radius 3 is 1.29 bits per heavy atom. The van der Waals surface area contributed by atoms with Crippen LogP contribution in [0.5, 0.6) is 0 Å². The van der Waals surface area contributed by atoms with E-state index in [0.29, 0.717) is 28.8 Å². The van der Waals surface area contributed by atoms with Crippen molar-refractivity contribution in [2.24, 2.45) is 22.9 Å². The Kier molecular flexibility index (Phi) is 20.2. The lowest BCUT2D eigenvalue weighted by atomic mass is 9.90. The number of carbonyl (C=O) groups excluding carboxylic acids is 4. The Morgan fingerprint density at radius 1 is 0.533 bits per heavy atom. The van der Waals surface area contributed by atoms with Crippen molar-refractivity contribution in [1.82, 2.24) is 64.6 Å². The van der Waals surface area contributed by atoms with Gasteiger partial charge in [-0.1, -0.05) is 25.7 Å². The maximum atomic E-state index is 14.9. The topological polar surface area (TPSA) is 385 Å². The normalized spacial score (nSPS) is 16.2. The molecule has 2 fully saturated rings. The predicted octanol–water partition coefficient (Wildman–Crippen LogP) is 8.17. The molecule has 14 N–H and O–H groups in total. The quantitative estimate of drug-likeness (QED) is 0.0411. The number of halogens is 3. The second kappa shape index (κ2) is 28.6. The molecule has 9 aromatic rings. The summed E-state index contributed by atoms with van der Waals surface area (Å²) in [6.07, 6.45) is 20.8. The molecule has 0 spiro atoms. The van der Waals surface area contributed by atoms with Gasteiger partial charge in [0.25, 0.3) is 17.7 Å². The number of nitrogens with one attached hydrogen (secondary N) is 6. The third kappa shape index (κ3) is 16.7. The first kappa shape index (κ1) is 63.5. The van der Waals surface area contributed by atoms with Gasteiger partial charge in [-0.3, -0.25) is 14.4 Å². The minimum Gasteiger partial charge on any atom is -0.444 e. The van der Waals surface area contributed by atoms with Crippen LogP contribution in [0, 0.1) is 24.4 Å². The van der Waals surface area contributed by atoms with Gasteiger partial charge in [0.2, 0.25) is 11.9 Å². The number of anilines is 8. The zero-order valence-electron chi connectivity index (χ0n) is 49.4. The fourth-order valence-corrected chi connectivity index (χ4v) is 9.70. The molecule has 30 heteroatoms. The van der Waals surface area contributed by atoms with Crippen molar-refractivity contribution in [3.63, 3.8) is 0 Å².